The maximum absolute atomic E-state index is 5.70. The van der Waals surface area contributed by atoms with Crippen molar-refractivity contribution in [2.24, 2.45) is 35.5 Å². The van der Waals surface area contributed by atoms with Crippen LogP contribution in [-0.2, 0) is 25.8 Å². The minimum Gasteiger partial charge on any atom is -0.657 e. The van der Waals surface area contributed by atoms with Crippen molar-refractivity contribution in [3.8, 4) is 0 Å². The molecule has 31 heavy (non-hydrogen) atoms. The summed E-state index contributed by atoms with van der Waals surface area (Å²) in [5.41, 5.74) is 0. The van der Waals surface area contributed by atoms with E-state index in [1.165, 1.54) is 83.5 Å². The molecule has 0 aromatic rings. The third-order valence-electron chi connectivity index (χ3n) is 9.51. The van der Waals surface area contributed by atoms with E-state index in [2.05, 4.69) is 13.8 Å². The fourth-order valence-corrected chi connectivity index (χ4v) is 8.03. The van der Waals surface area contributed by atoms with Gasteiger partial charge in [-0.15, -0.1) is 24.2 Å². The van der Waals surface area contributed by atoms with Crippen molar-refractivity contribution in [1.29, 1.82) is 0 Å². The van der Waals surface area contributed by atoms with Crippen molar-refractivity contribution in [3.05, 3.63) is 32.9 Å². The second-order valence-corrected chi connectivity index (χ2v) is 11.2. The van der Waals surface area contributed by atoms with Gasteiger partial charge in [0.15, 0.2) is 0 Å². The average molecular weight is 594 g/mol. The molecule has 9 atom stereocenters. The van der Waals surface area contributed by atoms with Gasteiger partial charge >= 0.3 is 0 Å². The van der Waals surface area contributed by atoms with Crippen molar-refractivity contribution < 1.29 is 25.8 Å². The van der Waals surface area contributed by atoms with Crippen LogP contribution in [0.4, 0.5) is 0 Å². The number of fused-ring (bicyclic) bond motifs is 4. The first-order valence-corrected chi connectivity index (χ1v) is 12.6. The van der Waals surface area contributed by atoms with Gasteiger partial charge in [0.1, 0.15) is 0 Å². The van der Waals surface area contributed by atoms with Crippen LogP contribution in [0, 0.1) is 57.8 Å². The molecule has 0 spiro atoms. The Labute approximate surface area is 215 Å². The number of piperidine rings is 2. The molecule has 9 unspecified atom stereocenters. The molecule has 0 N–H and O–H groups in total. The van der Waals surface area contributed by atoms with E-state index in [1.54, 1.807) is 0 Å². The maximum atomic E-state index is 5.70. The Balaban J connectivity index is 0.00000120. The summed E-state index contributed by atoms with van der Waals surface area (Å²) in [5, 5.41) is 11.2. The summed E-state index contributed by atoms with van der Waals surface area (Å²) in [6.07, 6.45) is 19.0. The minimum absolute atomic E-state index is 0. The predicted octanol–water partition coefficient (Wildman–Crippen LogP) is 8.43. The van der Waals surface area contributed by atoms with E-state index in [0.717, 1.165) is 29.6 Å². The molecular formula is C28H51HfN2-5. The van der Waals surface area contributed by atoms with Gasteiger partial charge in [0.25, 0.3) is 0 Å². The third-order valence-corrected chi connectivity index (χ3v) is 9.51. The molecule has 2 saturated heterocycles. The summed E-state index contributed by atoms with van der Waals surface area (Å²) in [5.74, 6) is 5.43. The predicted molar refractivity (Wildman–Crippen MR) is 133 cm³/mol. The second kappa shape index (κ2) is 13.0. The fraction of sp³-hybridized carbons (Fsp3) is 0.893. The molecule has 5 rings (SSSR count). The Morgan fingerprint density at radius 3 is 1.81 bits per heavy atom. The number of rotatable bonds is 2. The Morgan fingerprint density at radius 1 is 0.548 bits per heavy atom. The van der Waals surface area contributed by atoms with Gasteiger partial charge in [-0.25, -0.2) is 0 Å². The van der Waals surface area contributed by atoms with E-state index in [0.29, 0.717) is 30.1 Å². The molecule has 3 aliphatic carbocycles. The Morgan fingerprint density at radius 2 is 1.10 bits per heavy atom. The van der Waals surface area contributed by atoms with E-state index in [-0.39, 0.29) is 48.1 Å². The van der Waals surface area contributed by atoms with Crippen molar-refractivity contribution in [2.45, 2.75) is 121 Å². The van der Waals surface area contributed by atoms with Crippen LogP contribution in [-0.4, -0.2) is 24.2 Å². The molecule has 0 aromatic carbocycles. The number of hydrogen-bond acceptors (Lipinski definition) is 0. The summed E-state index contributed by atoms with van der Waals surface area (Å²) in [6.45, 7) is 4.75. The molecule has 0 radical (unpaired) electrons. The van der Waals surface area contributed by atoms with E-state index in [9.17, 15) is 0 Å². The van der Waals surface area contributed by atoms with Crippen LogP contribution >= 0.6 is 0 Å². The summed E-state index contributed by atoms with van der Waals surface area (Å²) >= 11 is 0. The normalized spacial score (nSPS) is 44.0. The van der Waals surface area contributed by atoms with Crippen molar-refractivity contribution in [1.82, 2.24) is 0 Å². The smallest absolute Gasteiger partial charge is 0 e. The first kappa shape index (κ1) is 29.8. The summed E-state index contributed by atoms with van der Waals surface area (Å²) in [7, 11) is 0. The van der Waals surface area contributed by atoms with E-state index >= 15 is 0 Å². The Hall–Kier alpha value is 0.790. The van der Waals surface area contributed by atoms with Gasteiger partial charge in [-0.1, -0.05) is 115 Å². The van der Waals surface area contributed by atoms with Gasteiger partial charge in [-0.2, -0.15) is 0 Å². The van der Waals surface area contributed by atoms with Crippen molar-refractivity contribution in [3.63, 3.8) is 0 Å². The number of hydrogen-bond donors (Lipinski definition) is 0. The van der Waals surface area contributed by atoms with Gasteiger partial charge in [-0.05, 0) is 18.3 Å². The summed E-state index contributed by atoms with van der Waals surface area (Å²) in [4.78, 5) is 0. The van der Waals surface area contributed by atoms with E-state index < -0.39 is 0 Å². The molecule has 2 nitrogen and oxygen atoms in total. The molecule has 0 aromatic heterocycles. The topological polar surface area (TPSA) is 28.2 Å². The zero-order valence-corrected chi connectivity index (χ0v) is 25.0. The SMILES string of the molecule is CC(C)C1CCC2CCC3CCC(C4CCCC5CCCCC54)[N-]C3C2[N-]1.[CH3-].[CH3-].[CH3-].[Hf]. The molecule has 2 heterocycles. The molecule has 5 aliphatic rings. The van der Waals surface area contributed by atoms with Gasteiger partial charge < -0.3 is 32.9 Å². The minimum atomic E-state index is 0. The van der Waals surface area contributed by atoms with E-state index in [1.807, 2.05) is 0 Å². The van der Waals surface area contributed by atoms with Crippen LogP contribution in [0.25, 0.3) is 10.6 Å². The summed E-state index contributed by atoms with van der Waals surface area (Å²) in [6, 6.07) is 2.47. The van der Waals surface area contributed by atoms with E-state index in [4.69, 9.17) is 10.6 Å². The molecule has 3 heteroatoms. The van der Waals surface area contributed by atoms with Gasteiger partial charge in [0.05, 0.1) is 0 Å². The average Bonchev–Trinajstić information content (AvgIpc) is 2.72. The zero-order valence-electron chi connectivity index (χ0n) is 21.4. The van der Waals surface area contributed by atoms with Crippen LogP contribution in [0.15, 0.2) is 0 Å². The van der Waals surface area contributed by atoms with Gasteiger partial charge in [-0.3, -0.25) is 0 Å². The molecule has 0 bridgehead atoms. The zero-order chi connectivity index (χ0) is 18.4. The monoisotopic (exact) mass is 595 g/mol. The Bertz CT molecular complexity index is 507. The van der Waals surface area contributed by atoms with Crippen LogP contribution in [0.1, 0.15) is 97.3 Å². The molecule has 3 saturated carbocycles. The molecule has 182 valence electrons. The van der Waals surface area contributed by atoms with Crippen LogP contribution in [0.5, 0.6) is 0 Å². The maximum Gasteiger partial charge on any atom is 0 e. The van der Waals surface area contributed by atoms with Crippen LogP contribution in [0.3, 0.4) is 0 Å². The van der Waals surface area contributed by atoms with Crippen molar-refractivity contribution in [2.75, 3.05) is 0 Å². The first-order valence-electron chi connectivity index (χ1n) is 12.6. The quantitative estimate of drug-likeness (QED) is 0.227. The molecule has 2 aliphatic heterocycles. The van der Waals surface area contributed by atoms with Crippen LogP contribution in [0.2, 0.25) is 0 Å². The first-order chi connectivity index (χ1) is 13.2. The molecule has 5 fully saturated rings. The van der Waals surface area contributed by atoms with Crippen molar-refractivity contribution >= 4 is 0 Å². The summed E-state index contributed by atoms with van der Waals surface area (Å²) < 4.78 is 0. The third kappa shape index (κ3) is 6.08. The van der Waals surface area contributed by atoms with Gasteiger partial charge in [0.2, 0.25) is 0 Å². The van der Waals surface area contributed by atoms with Gasteiger partial charge in [0, 0.05) is 25.8 Å². The standard InChI is InChI=1S/C25H42N2.3CH3.Hf/c1-16(2)22-14-12-18-10-11-19-13-15-23(27-25(19)24(18)26-22)21-9-5-7-17-6-3-4-8-20(17)21;;;;/h16-25H,3-15H2,1-2H3;3*1H3;/q-2;3*-1;. The largest absolute Gasteiger partial charge is 0.657 e. The second-order valence-electron chi connectivity index (χ2n) is 11.2. The fourth-order valence-electron chi connectivity index (χ4n) is 8.03. The Kier molecular flexibility index (Phi) is 12.5. The number of nitrogens with zero attached hydrogens (tertiary/aromatic N) is 2. The van der Waals surface area contributed by atoms with Crippen LogP contribution < -0.4 is 0 Å². The molecular weight excluding hydrogens is 543 g/mol. The molecule has 0 amide bonds.